The Morgan fingerprint density at radius 2 is 1.53 bits per heavy atom. The van der Waals surface area contributed by atoms with Crippen LogP contribution in [0.1, 0.15) is 88.4 Å². The number of carbonyl (C=O) groups excluding carboxylic acids is 2. The summed E-state index contributed by atoms with van der Waals surface area (Å²) in [6.45, 7) is 6.72. The van der Waals surface area contributed by atoms with Gasteiger partial charge in [0.05, 0.1) is 4.92 Å². The minimum atomic E-state index is -1.11. The van der Waals surface area contributed by atoms with Crippen LogP contribution in [0.15, 0.2) is 18.2 Å². The van der Waals surface area contributed by atoms with Crippen LogP contribution in [0.4, 0.5) is 5.69 Å². The number of nitro groups is 1. The van der Waals surface area contributed by atoms with Crippen molar-refractivity contribution in [1.82, 2.24) is 9.80 Å². The highest BCUT2D eigenvalue weighted by molar-refractivity contribution is 6.32. The number of nitrogens with zero attached hydrogens (tertiary/aromatic N) is 3. The Labute approximate surface area is 219 Å². The maximum atomic E-state index is 14.3. The van der Waals surface area contributed by atoms with E-state index in [1.165, 1.54) is 18.2 Å². The van der Waals surface area contributed by atoms with Crippen molar-refractivity contribution in [2.45, 2.75) is 83.6 Å². The first-order valence-corrected chi connectivity index (χ1v) is 13.9. The summed E-state index contributed by atoms with van der Waals surface area (Å²) in [5, 5.41) is 11.6. The molecule has 0 aliphatic heterocycles. The molecule has 36 heavy (non-hydrogen) atoms. The second kappa shape index (κ2) is 12.9. The van der Waals surface area contributed by atoms with Crippen molar-refractivity contribution in [3.63, 3.8) is 0 Å². The molecule has 2 aliphatic rings. The second-order valence-corrected chi connectivity index (χ2v) is 10.7. The Balaban J connectivity index is 2.16. The van der Waals surface area contributed by atoms with E-state index in [1.807, 2.05) is 0 Å². The molecule has 1 aromatic rings. The highest BCUT2D eigenvalue weighted by Crippen LogP contribution is 2.47. The molecular formula is C27H41ClN4O4. The van der Waals surface area contributed by atoms with Crippen LogP contribution < -0.4 is 5.73 Å². The van der Waals surface area contributed by atoms with E-state index >= 15 is 0 Å². The fourth-order valence-electron chi connectivity index (χ4n) is 6.57. The van der Waals surface area contributed by atoms with Gasteiger partial charge in [-0.1, -0.05) is 64.0 Å². The molecule has 2 amide bonds. The van der Waals surface area contributed by atoms with Gasteiger partial charge in [0, 0.05) is 24.7 Å². The maximum Gasteiger partial charge on any atom is 0.288 e. The van der Waals surface area contributed by atoms with Crippen molar-refractivity contribution >= 4 is 29.1 Å². The molecule has 0 saturated heterocycles. The number of likely N-dealkylation sites (N-methyl/N-ethyl adjacent to an activating group) is 1. The zero-order valence-electron chi connectivity index (χ0n) is 21.7. The molecule has 3 rings (SSSR count). The van der Waals surface area contributed by atoms with E-state index in [4.69, 9.17) is 17.3 Å². The summed E-state index contributed by atoms with van der Waals surface area (Å²) in [6, 6.07) is 4.15. The van der Waals surface area contributed by atoms with Crippen LogP contribution in [0, 0.1) is 22.0 Å². The molecule has 0 unspecified atom stereocenters. The smallest absolute Gasteiger partial charge is 0.288 e. The molecule has 9 heteroatoms. The number of carbonyl (C=O) groups is 2. The van der Waals surface area contributed by atoms with E-state index in [9.17, 15) is 19.7 Å². The third kappa shape index (κ3) is 5.86. The summed E-state index contributed by atoms with van der Waals surface area (Å²) < 4.78 is 0. The Morgan fingerprint density at radius 3 is 1.97 bits per heavy atom. The van der Waals surface area contributed by atoms with Crippen LogP contribution in [-0.4, -0.2) is 58.3 Å². The molecule has 0 aromatic heterocycles. The second-order valence-electron chi connectivity index (χ2n) is 10.3. The number of nitrogens with two attached hydrogens (primary N) is 1. The number of primary amides is 1. The molecule has 1 aromatic carbocycles. The van der Waals surface area contributed by atoms with Gasteiger partial charge < -0.3 is 15.5 Å². The van der Waals surface area contributed by atoms with Gasteiger partial charge in [-0.2, -0.15) is 0 Å². The zero-order valence-corrected chi connectivity index (χ0v) is 22.5. The van der Waals surface area contributed by atoms with Crippen molar-refractivity contribution in [1.29, 1.82) is 0 Å². The molecule has 0 spiro atoms. The first-order valence-electron chi connectivity index (χ1n) is 13.5. The highest BCUT2D eigenvalue weighted by Gasteiger charge is 2.56. The largest absolute Gasteiger partial charge is 0.368 e. The normalized spacial score (nSPS) is 17.8. The number of nitro benzene ring substituents is 1. The topological polar surface area (TPSA) is 110 Å². The van der Waals surface area contributed by atoms with Gasteiger partial charge in [-0.15, -0.1) is 0 Å². The number of hydrogen-bond donors (Lipinski definition) is 1. The summed E-state index contributed by atoms with van der Waals surface area (Å²) in [5.74, 6) is -0.848. The van der Waals surface area contributed by atoms with Crippen LogP contribution >= 0.6 is 11.6 Å². The van der Waals surface area contributed by atoms with Crippen molar-refractivity contribution < 1.29 is 14.5 Å². The number of halogens is 1. The molecule has 2 saturated carbocycles. The molecule has 0 heterocycles. The van der Waals surface area contributed by atoms with Gasteiger partial charge in [-0.3, -0.25) is 19.7 Å². The third-order valence-electron chi connectivity index (χ3n) is 8.47. The van der Waals surface area contributed by atoms with Crippen LogP contribution in [0.3, 0.4) is 0 Å². The lowest BCUT2D eigenvalue weighted by molar-refractivity contribution is -0.384. The molecule has 0 radical (unpaired) electrons. The molecular weight excluding hydrogens is 480 g/mol. The van der Waals surface area contributed by atoms with Gasteiger partial charge in [0.2, 0.25) is 5.91 Å². The van der Waals surface area contributed by atoms with Gasteiger partial charge in [-0.05, 0) is 62.7 Å². The van der Waals surface area contributed by atoms with Crippen molar-refractivity contribution in [3.05, 3.63) is 38.9 Å². The summed E-state index contributed by atoms with van der Waals surface area (Å²) >= 11 is 6.05. The molecule has 200 valence electrons. The first-order chi connectivity index (χ1) is 17.3. The maximum absolute atomic E-state index is 14.3. The molecule has 0 bridgehead atoms. The van der Waals surface area contributed by atoms with Crippen molar-refractivity contribution in [2.75, 3.05) is 26.2 Å². The van der Waals surface area contributed by atoms with Gasteiger partial charge in [0.15, 0.2) is 0 Å². The van der Waals surface area contributed by atoms with Crippen LogP contribution in [0.5, 0.6) is 0 Å². The van der Waals surface area contributed by atoms with Gasteiger partial charge in [-0.25, -0.2) is 0 Å². The molecule has 2 fully saturated rings. The third-order valence-corrected chi connectivity index (χ3v) is 8.79. The Kier molecular flexibility index (Phi) is 10.1. The average molecular weight is 521 g/mol. The van der Waals surface area contributed by atoms with Crippen molar-refractivity contribution in [3.8, 4) is 0 Å². The Bertz CT molecular complexity index is 906. The van der Waals surface area contributed by atoms with Crippen LogP contribution in [0.2, 0.25) is 5.02 Å². The predicted molar refractivity (Wildman–Crippen MR) is 142 cm³/mol. The van der Waals surface area contributed by atoms with E-state index in [-0.39, 0.29) is 34.0 Å². The summed E-state index contributed by atoms with van der Waals surface area (Å²) in [4.78, 5) is 42.9. The van der Waals surface area contributed by atoms with Crippen molar-refractivity contribution in [2.24, 2.45) is 17.6 Å². The lowest BCUT2D eigenvalue weighted by atomic mass is 9.62. The van der Waals surface area contributed by atoms with Crippen LogP contribution in [-0.2, 0) is 4.79 Å². The predicted octanol–water partition coefficient (Wildman–Crippen LogP) is 5.42. The lowest BCUT2D eigenvalue weighted by Gasteiger charge is -2.53. The Hall–Kier alpha value is -2.19. The first kappa shape index (κ1) is 28.4. The monoisotopic (exact) mass is 520 g/mol. The minimum Gasteiger partial charge on any atom is -0.368 e. The van der Waals surface area contributed by atoms with Crippen LogP contribution in [0.25, 0.3) is 0 Å². The number of rotatable bonds is 11. The number of amides is 2. The molecule has 2 N–H and O–H groups in total. The average Bonchev–Trinajstić information content (AvgIpc) is 2.89. The van der Waals surface area contributed by atoms with E-state index in [0.29, 0.717) is 13.1 Å². The lowest BCUT2D eigenvalue weighted by Crippen LogP contribution is -2.69. The molecule has 2 aliphatic carbocycles. The summed E-state index contributed by atoms with van der Waals surface area (Å²) in [7, 11) is 0. The number of benzene rings is 1. The van der Waals surface area contributed by atoms with Gasteiger partial charge in [0.25, 0.3) is 11.6 Å². The molecule has 8 nitrogen and oxygen atoms in total. The van der Waals surface area contributed by atoms with Gasteiger partial charge in [0.1, 0.15) is 10.6 Å². The Morgan fingerprint density at radius 1 is 1.00 bits per heavy atom. The van der Waals surface area contributed by atoms with E-state index in [2.05, 4.69) is 18.7 Å². The fraction of sp³-hybridized carbons (Fsp3) is 0.704. The standard InChI is InChI=1S/C27H41ClN4O4/c1-3-30(4-2)17-18-31(25(33)20-15-16-23(28)24(19-20)32(35)36)27(26(29)34,21-11-7-5-8-12-21)22-13-9-6-10-14-22/h15-16,19,21-22H,3-14,17-18H2,1-2H3,(H2,29,34). The highest BCUT2D eigenvalue weighted by atomic mass is 35.5. The van der Waals surface area contributed by atoms with E-state index < -0.39 is 16.4 Å². The van der Waals surface area contributed by atoms with E-state index in [0.717, 1.165) is 77.3 Å². The number of hydrogen-bond acceptors (Lipinski definition) is 5. The van der Waals surface area contributed by atoms with Gasteiger partial charge >= 0.3 is 0 Å². The quantitative estimate of drug-likeness (QED) is 0.309. The fourth-order valence-corrected chi connectivity index (χ4v) is 6.76. The summed E-state index contributed by atoms with van der Waals surface area (Å²) in [5.41, 5.74) is 5.09. The summed E-state index contributed by atoms with van der Waals surface area (Å²) in [6.07, 6.45) is 9.70. The molecule has 0 atom stereocenters. The minimum absolute atomic E-state index is 0.0187. The zero-order chi connectivity index (χ0) is 26.3. The van der Waals surface area contributed by atoms with E-state index in [1.54, 1.807) is 4.90 Å². The SMILES string of the molecule is CCN(CC)CCN(C(=O)c1ccc(Cl)c([N+](=O)[O-])c1)C(C(N)=O)(C1CCCCC1)C1CCCCC1.